The first-order chi connectivity index (χ1) is 8.10. The summed E-state index contributed by atoms with van der Waals surface area (Å²) in [5.41, 5.74) is 0.305. The summed E-state index contributed by atoms with van der Waals surface area (Å²) in [6, 6.07) is 3.22. The maximum atomic E-state index is 12.1. The van der Waals surface area contributed by atoms with Crippen LogP contribution in [-0.4, -0.2) is 41.8 Å². The molecule has 1 rings (SSSR count). The Morgan fingerprint density at radius 3 is 2.76 bits per heavy atom. The van der Waals surface area contributed by atoms with Crippen molar-refractivity contribution < 1.29 is 9.59 Å². The van der Waals surface area contributed by atoms with Gasteiger partial charge in [-0.1, -0.05) is 11.6 Å². The summed E-state index contributed by atoms with van der Waals surface area (Å²) in [6.07, 6.45) is 1.51. The lowest BCUT2D eigenvalue weighted by atomic mass is 10.2. The van der Waals surface area contributed by atoms with Gasteiger partial charge in [0.1, 0.15) is 5.15 Å². The van der Waals surface area contributed by atoms with Crippen LogP contribution in [0.2, 0.25) is 5.15 Å². The summed E-state index contributed by atoms with van der Waals surface area (Å²) >= 11 is 5.83. The van der Waals surface area contributed by atoms with E-state index in [1.807, 2.05) is 0 Å². The Balaban J connectivity index is 2.87. The van der Waals surface area contributed by atoms with Gasteiger partial charge in [0.15, 0.2) is 0 Å². The van der Waals surface area contributed by atoms with Crippen molar-refractivity contribution in [3.8, 4) is 0 Å². The number of nitrogens with zero attached hydrogens (tertiary/aromatic N) is 2. The van der Waals surface area contributed by atoms with Crippen molar-refractivity contribution >= 4 is 23.4 Å². The molecule has 0 aliphatic carbocycles. The van der Waals surface area contributed by atoms with Crippen LogP contribution in [0.15, 0.2) is 18.3 Å². The molecule has 0 spiro atoms. The van der Waals surface area contributed by atoms with E-state index >= 15 is 0 Å². The van der Waals surface area contributed by atoms with Crippen LogP contribution >= 0.6 is 11.6 Å². The number of carbonyl (C=O) groups excluding carboxylic acids is 2. The van der Waals surface area contributed by atoms with Gasteiger partial charge in [0.05, 0.1) is 12.1 Å². The van der Waals surface area contributed by atoms with Crippen molar-refractivity contribution in [1.82, 2.24) is 15.2 Å². The smallest absolute Gasteiger partial charge is 0.257 e. The number of amides is 2. The second-order valence-corrected chi connectivity index (χ2v) is 3.69. The molecule has 0 saturated carbocycles. The number of aromatic nitrogens is 1. The number of nitrogens with one attached hydrogen (secondary N) is 1. The molecule has 1 aromatic rings. The zero-order valence-electron chi connectivity index (χ0n) is 9.74. The van der Waals surface area contributed by atoms with E-state index in [-0.39, 0.29) is 23.5 Å². The molecule has 0 fully saturated rings. The predicted molar refractivity (Wildman–Crippen MR) is 64.9 cm³/mol. The summed E-state index contributed by atoms with van der Waals surface area (Å²) in [6.45, 7) is 2.24. The molecule has 0 unspecified atom stereocenters. The van der Waals surface area contributed by atoms with Crippen LogP contribution in [0, 0.1) is 0 Å². The van der Waals surface area contributed by atoms with Crippen molar-refractivity contribution in [2.75, 3.05) is 20.1 Å². The molecule has 1 N–H and O–H groups in total. The van der Waals surface area contributed by atoms with Gasteiger partial charge in [0.2, 0.25) is 5.91 Å². The molecule has 0 aromatic carbocycles. The van der Waals surface area contributed by atoms with Crippen LogP contribution in [0.25, 0.3) is 0 Å². The Morgan fingerprint density at radius 2 is 2.24 bits per heavy atom. The molecule has 1 heterocycles. The Kier molecular flexibility index (Phi) is 4.90. The third-order valence-corrected chi connectivity index (χ3v) is 2.57. The maximum absolute atomic E-state index is 12.1. The van der Waals surface area contributed by atoms with Crippen molar-refractivity contribution in [1.29, 1.82) is 0 Å². The third kappa shape index (κ3) is 3.42. The van der Waals surface area contributed by atoms with E-state index in [9.17, 15) is 9.59 Å². The van der Waals surface area contributed by atoms with Gasteiger partial charge in [-0.3, -0.25) is 9.59 Å². The molecular formula is C11H14ClN3O2. The van der Waals surface area contributed by atoms with E-state index in [0.29, 0.717) is 12.1 Å². The highest BCUT2D eigenvalue weighted by Gasteiger charge is 2.19. The molecule has 0 aliphatic rings. The highest BCUT2D eigenvalue weighted by atomic mass is 35.5. The lowest BCUT2D eigenvalue weighted by Crippen LogP contribution is -2.39. The molecule has 5 nitrogen and oxygen atoms in total. The van der Waals surface area contributed by atoms with Gasteiger partial charge in [0, 0.05) is 19.8 Å². The first kappa shape index (κ1) is 13.4. The topological polar surface area (TPSA) is 62.3 Å². The van der Waals surface area contributed by atoms with Gasteiger partial charge in [-0.25, -0.2) is 4.98 Å². The van der Waals surface area contributed by atoms with Crippen LogP contribution < -0.4 is 5.32 Å². The lowest BCUT2D eigenvalue weighted by molar-refractivity contribution is -0.121. The fourth-order valence-corrected chi connectivity index (χ4v) is 1.50. The van der Waals surface area contributed by atoms with E-state index in [2.05, 4.69) is 10.3 Å². The van der Waals surface area contributed by atoms with Gasteiger partial charge in [0.25, 0.3) is 5.91 Å². The average molecular weight is 256 g/mol. The van der Waals surface area contributed by atoms with Gasteiger partial charge < -0.3 is 10.2 Å². The Hall–Kier alpha value is -1.62. The highest BCUT2D eigenvalue weighted by Crippen LogP contribution is 2.13. The Morgan fingerprint density at radius 1 is 1.53 bits per heavy atom. The van der Waals surface area contributed by atoms with E-state index in [1.54, 1.807) is 19.1 Å². The van der Waals surface area contributed by atoms with E-state index in [4.69, 9.17) is 11.6 Å². The predicted octanol–water partition coefficient (Wildman–Crippen LogP) is 0.943. The van der Waals surface area contributed by atoms with Crippen molar-refractivity contribution in [2.45, 2.75) is 6.92 Å². The molecule has 0 aliphatic heterocycles. The van der Waals surface area contributed by atoms with Gasteiger partial charge in [-0.05, 0) is 19.1 Å². The molecule has 0 radical (unpaired) electrons. The molecule has 0 atom stereocenters. The Labute approximate surface area is 105 Å². The van der Waals surface area contributed by atoms with E-state index in [0.717, 1.165) is 0 Å². The van der Waals surface area contributed by atoms with Crippen LogP contribution in [0.3, 0.4) is 0 Å². The number of halogens is 1. The quantitative estimate of drug-likeness (QED) is 0.815. The van der Waals surface area contributed by atoms with E-state index < -0.39 is 0 Å². The summed E-state index contributed by atoms with van der Waals surface area (Å²) < 4.78 is 0. The largest absolute Gasteiger partial charge is 0.358 e. The van der Waals surface area contributed by atoms with E-state index in [1.165, 1.54) is 18.1 Å². The fourth-order valence-electron chi connectivity index (χ4n) is 1.30. The zero-order valence-corrected chi connectivity index (χ0v) is 10.5. The molecule has 6 heteroatoms. The minimum Gasteiger partial charge on any atom is -0.358 e. The molecule has 2 amide bonds. The molecule has 0 saturated heterocycles. The summed E-state index contributed by atoms with van der Waals surface area (Å²) in [4.78, 5) is 28.6. The molecule has 0 bridgehead atoms. The first-order valence-electron chi connectivity index (χ1n) is 5.20. The van der Waals surface area contributed by atoms with Gasteiger partial charge in [-0.15, -0.1) is 0 Å². The SMILES string of the molecule is CCN(CC(=O)NC)C(=O)c1cccnc1Cl. The first-order valence-corrected chi connectivity index (χ1v) is 5.58. The van der Waals surface area contributed by atoms with Crippen LogP contribution in [-0.2, 0) is 4.79 Å². The number of hydrogen-bond donors (Lipinski definition) is 1. The van der Waals surface area contributed by atoms with Crippen LogP contribution in [0.5, 0.6) is 0 Å². The second-order valence-electron chi connectivity index (χ2n) is 3.33. The molecule has 17 heavy (non-hydrogen) atoms. The van der Waals surface area contributed by atoms with Gasteiger partial charge >= 0.3 is 0 Å². The molecular weight excluding hydrogens is 242 g/mol. The Bertz CT molecular complexity index is 423. The molecule has 1 aromatic heterocycles. The number of likely N-dealkylation sites (N-methyl/N-ethyl adjacent to an activating group) is 2. The number of pyridine rings is 1. The number of carbonyl (C=O) groups is 2. The normalized spacial score (nSPS) is 9.82. The summed E-state index contributed by atoms with van der Waals surface area (Å²) in [7, 11) is 1.53. The summed E-state index contributed by atoms with van der Waals surface area (Å²) in [5.74, 6) is -0.519. The monoisotopic (exact) mass is 255 g/mol. The minimum atomic E-state index is -0.297. The number of hydrogen-bond acceptors (Lipinski definition) is 3. The molecule has 92 valence electrons. The highest BCUT2D eigenvalue weighted by molar-refractivity contribution is 6.32. The third-order valence-electron chi connectivity index (χ3n) is 2.27. The average Bonchev–Trinajstić information content (AvgIpc) is 2.35. The van der Waals surface area contributed by atoms with Crippen molar-refractivity contribution in [3.63, 3.8) is 0 Å². The van der Waals surface area contributed by atoms with Crippen molar-refractivity contribution in [3.05, 3.63) is 29.0 Å². The van der Waals surface area contributed by atoms with Gasteiger partial charge in [-0.2, -0.15) is 0 Å². The van der Waals surface area contributed by atoms with Crippen LogP contribution in [0.4, 0.5) is 0 Å². The standard InChI is InChI=1S/C11H14ClN3O2/c1-3-15(7-9(16)13-2)11(17)8-5-4-6-14-10(8)12/h4-6H,3,7H2,1-2H3,(H,13,16). The minimum absolute atomic E-state index is 0.0110. The maximum Gasteiger partial charge on any atom is 0.257 e. The van der Waals surface area contributed by atoms with Crippen molar-refractivity contribution in [2.24, 2.45) is 0 Å². The summed E-state index contributed by atoms with van der Waals surface area (Å²) in [5, 5.41) is 2.62. The van der Waals surface area contributed by atoms with Crippen LogP contribution in [0.1, 0.15) is 17.3 Å². The number of rotatable bonds is 4. The second kappa shape index (κ2) is 6.20. The lowest BCUT2D eigenvalue weighted by Gasteiger charge is -2.20. The zero-order chi connectivity index (χ0) is 12.8. The fraction of sp³-hybridized carbons (Fsp3) is 0.364.